The van der Waals surface area contributed by atoms with Crippen LogP contribution in [0.15, 0.2) is 0 Å². The van der Waals surface area contributed by atoms with Crippen LogP contribution in [0.25, 0.3) is 0 Å². The number of nitrogens with zero attached hydrogens (tertiary/aromatic N) is 1. The summed E-state index contributed by atoms with van der Waals surface area (Å²) in [6.45, 7) is 1.04. The second-order valence-electron chi connectivity index (χ2n) is 3.10. The Hall–Kier alpha value is -0.810. The first-order valence-electron chi connectivity index (χ1n) is 4.48. The number of hydrogen-bond donors (Lipinski definition) is 2. The van der Waals surface area contributed by atoms with Crippen LogP contribution in [-0.2, 0) is 4.74 Å². The number of hydrogen-bond acceptors (Lipinski definition) is 3. The van der Waals surface area contributed by atoms with Crippen LogP contribution in [0.2, 0.25) is 0 Å². The molecule has 0 aromatic carbocycles. The smallest absolute Gasteiger partial charge is 0.319 e. The second kappa shape index (κ2) is 5.04. The van der Waals surface area contributed by atoms with Gasteiger partial charge in [0.25, 0.3) is 0 Å². The highest BCUT2D eigenvalue weighted by molar-refractivity contribution is 5.74. The van der Waals surface area contributed by atoms with Crippen molar-refractivity contribution in [1.82, 2.24) is 10.2 Å². The van der Waals surface area contributed by atoms with Gasteiger partial charge in [-0.25, -0.2) is 4.79 Å². The molecule has 0 bridgehead atoms. The predicted molar refractivity (Wildman–Crippen MR) is 47.2 cm³/mol. The first-order valence-corrected chi connectivity index (χ1v) is 4.48. The van der Waals surface area contributed by atoms with E-state index in [4.69, 9.17) is 9.84 Å². The Morgan fingerprint density at radius 2 is 2.54 bits per heavy atom. The number of aliphatic hydroxyl groups excluding tert-OH is 1. The number of carbonyl (C=O) groups is 1. The molecular formula is C8H16N2O3. The molecule has 1 heterocycles. The summed E-state index contributed by atoms with van der Waals surface area (Å²) in [4.78, 5) is 12.7. The molecule has 2 N–H and O–H groups in total. The Labute approximate surface area is 77.7 Å². The molecule has 5 nitrogen and oxygen atoms in total. The number of amides is 2. The first kappa shape index (κ1) is 10.3. The van der Waals surface area contributed by atoms with Gasteiger partial charge in [0.15, 0.2) is 0 Å². The lowest BCUT2D eigenvalue weighted by atomic mass is 10.3. The van der Waals surface area contributed by atoms with Crippen molar-refractivity contribution in [3.05, 3.63) is 0 Å². The van der Waals surface area contributed by atoms with Gasteiger partial charge in [0.05, 0.1) is 6.61 Å². The van der Waals surface area contributed by atoms with Gasteiger partial charge < -0.3 is 20.1 Å². The van der Waals surface area contributed by atoms with Crippen molar-refractivity contribution < 1.29 is 14.6 Å². The predicted octanol–water partition coefficient (Wildman–Crippen LogP) is -0.243. The van der Waals surface area contributed by atoms with E-state index in [9.17, 15) is 4.79 Å². The van der Waals surface area contributed by atoms with E-state index in [1.807, 2.05) is 0 Å². The third-order valence-electron chi connectivity index (χ3n) is 2.00. The quantitative estimate of drug-likeness (QED) is 0.642. The number of rotatable bonds is 3. The molecule has 1 rings (SSSR count). The summed E-state index contributed by atoms with van der Waals surface area (Å²) in [5.74, 6) is 0. The lowest BCUT2D eigenvalue weighted by Crippen LogP contribution is -2.43. The van der Waals surface area contributed by atoms with Crippen LogP contribution in [0.4, 0.5) is 4.79 Å². The fourth-order valence-electron chi connectivity index (χ4n) is 1.19. The Balaban J connectivity index is 2.22. The van der Waals surface area contributed by atoms with E-state index in [1.54, 1.807) is 7.05 Å². The summed E-state index contributed by atoms with van der Waals surface area (Å²) >= 11 is 0. The van der Waals surface area contributed by atoms with Crippen molar-refractivity contribution in [2.75, 3.05) is 26.8 Å². The Morgan fingerprint density at radius 1 is 1.77 bits per heavy atom. The summed E-state index contributed by atoms with van der Waals surface area (Å²) in [5.41, 5.74) is 0. The fourth-order valence-corrected chi connectivity index (χ4v) is 1.19. The van der Waals surface area contributed by atoms with Crippen LogP contribution < -0.4 is 5.32 Å². The third-order valence-corrected chi connectivity index (χ3v) is 2.00. The highest BCUT2D eigenvalue weighted by Gasteiger charge is 2.18. The Bertz CT molecular complexity index is 169. The molecule has 5 heteroatoms. The number of ether oxygens (including phenoxy) is 1. The molecule has 1 unspecified atom stereocenters. The van der Waals surface area contributed by atoms with Crippen molar-refractivity contribution >= 4 is 6.03 Å². The molecule has 0 aliphatic carbocycles. The zero-order chi connectivity index (χ0) is 9.68. The molecule has 1 saturated heterocycles. The van der Waals surface area contributed by atoms with E-state index < -0.39 is 0 Å². The normalized spacial score (nSPS) is 21.5. The van der Waals surface area contributed by atoms with Gasteiger partial charge in [-0.05, 0) is 12.8 Å². The SMILES string of the molecule is CN(CCO)C(=O)NC1CCCO1. The molecular weight excluding hydrogens is 172 g/mol. The first-order chi connectivity index (χ1) is 6.24. The molecule has 13 heavy (non-hydrogen) atoms. The van der Waals surface area contributed by atoms with Crippen molar-refractivity contribution in [2.45, 2.75) is 19.1 Å². The summed E-state index contributed by atoms with van der Waals surface area (Å²) in [5, 5.41) is 11.3. The van der Waals surface area contributed by atoms with Crippen molar-refractivity contribution in [2.24, 2.45) is 0 Å². The summed E-state index contributed by atoms with van der Waals surface area (Å²) in [6.07, 6.45) is 1.72. The molecule has 0 radical (unpaired) electrons. The minimum atomic E-state index is -0.194. The fraction of sp³-hybridized carbons (Fsp3) is 0.875. The topological polar surface area (TPSA) is 61.8 Å². The minimum Gasteiger partial charge on any atom is -0.395 e. The summed E-state index contributed by atoms with van der Waals surface area (Å²) in [7, 11) is 1.64. The second-order valence-corrected chi connectivity index (χ2v) is 3.10. The molecule has 76 valence electrons. The average molecular weight is 188 g/mol. The molecule has 0 aromatic heterocycles. The van der Waals surface area contributed by atoms with Crippen LogP contribution in [-0.4, -0.2) is 49.1 Å². The molecule has 1 aliphatic heterocycles. The van der Waals surface area contributed by atoms with E-state index in [0.717, 1.165) is 12.8 Å². The van der Waals surface area contributed by atoms with Crippen LogP contribution >= 0.6 is 0 Å². The van der Waals surface area contributed by atoms with Gasteiger partial charge in [0.1, 0.15) is 6.23 Å². The number of urea groups is 1. The molecule has 0 spiro atoms. The van der Waals surface area contributed by atoms with Gasteiger partial charge in [-0.3, -0.25) is 0 Å². The van der Waals surface area contributed by atoms with Crippen molar-refractivity contribution in [1.29, 1.82) is 0 Å². The average Bonchev–Trinajstić information content (AvgIpc) is 2.57. The molecule has 1 aliphatic rings. The third kappa shape index (κ3) is 3.20. The van der Waals surface area contributed by atoms with Crippen LogP contribution in [0, 0.1) is 0 Å². The maximum atomic E-state index is 11.3. The van der Waals surface area contributed by atoms with Crippen LogP contribution in [0.3, 0.4) is 0 Å². The van der Waals surface area contributed by atoms with Gasteiger partial charge in [0.2, 0.25) is 0 Å². The van der Waals surface area contributed by atoms with Crippen molar-refractivity contribution in [3.63, 3.8) is 0 Å². The lowest BCUT2D eigenvalue weighted by molar-refractivity contribution is 0.0839. The van der Waals surface area contributed by atoms with Crippen LogP contribution in [0.1, 0.15) is 12.8 Å². The van der Waals surface area contributed by atoms with E-state index >= 15 is 0 Å². The summed E-state index contributed by atoms with van der Waals surface area (Å²) < 4.78 is 5.23. The maximum absolute atomic E-state index is 11.3. The van der Waals surface area contributed by atoms with Gasteiger partial charge >= 0.3 is 6.03 Å². The lowest BCUT2D eigenvalue weighted by Gasteiger charge is -2.19. The Morgan fingerprint density at radius 3 is 3.08 bits per heavy atom. The van der Waals surface area contributed by atoms with Gasteiger partial charge in [-0.1, -0.05) is 0 Å². The molecule has 1 fully saturated rings. The van der Waals surface area contributed by atoms with E-state index in [-0.39, 0.29) is 18.9 Å². The van der Waals surface area contributed by atoms with Gasteiger partial charge in [-0.15, -0.1) is 0 Å². The highest BCUT2D eigenvalue weighted by Crippen LogP contribution is 2.08. The van der Waals surface area contributed by atoms with E-state index in [0.29, 0.717) is 13.2 Å². The standard InChI is InChI=1S/C8H16N2O3/c1-10(4-5-11)8(12)9-7-3-2-6-13-7/h7,11H,2-6H2,1H3,(H,9,12). The maximum Gasteiger partial charge on any atom is 0.319 e. The van der Waals surface area contributed by atoms with E-state index in [2.05, 4.69) is 5.32 Å². The molecule has 0 aromatic rings. The zero-order valence-electron chi connectivity index (χ0n) is 7.82. The number of carbonyl (C=O) groups excluding carboxylic acids is 1. The zero-order valence-corrected chi connectivity index (χ0v) is 7.82. The summed E-state index contributed by atoms with van der Waals surface area (Å²) in [6, 6.07) is -0.194. The minimum absolute atomic E-state index is 0.0184. The highest BCUT2D eigenvalue weighted by atomic mass is 16.5. The van der Waals surface area contributed by atoms with Crippen LogP contribution in [0.5, 0.6) is 0 Å². The van der Waals surface area contributed by atoms with Gasteiger partial charge in [0, 0.05) is 20.2 Å². The Kier molecular flexibility index (Phi) is 3.98. The molecule has 0 saturated carbocycles. The number of likely N-dealkylation sites (N-methyl/N-ethyl adjacent to an activating group) is 1. The van der Waals surface area contributed by atoms with Gasteiger partial charge in [-0.2, -0.15) is 0 Å². The number of nitrogens with one attached hydrogen (secondary N) is 1. The number of aliphatic hydroxyl groups is 1. The molecule has 1 atom stereocenters. The molecule has 2 amide bonds. The van der Waals surface area contributed by atoms with Crippen molar-refractivity contribution in [3.8, 4) is 0 Å². The largest absolute Gasteiger partial charge is 0.395 e. The van der Waals surface area contributed by atoms with E-state index in [1.165, 1.54) is 4.90 Å². The monoisotopic (exact) mass is 188 g/mol.